The number of piperazine rings is 1. The van der Waals surface area contributed by atoms with Gasteiger partial charge in [-0.1, -0.05) is 19.1 Å². The zero-order valence-corrected chi connectivity index (χ0v) is 22.5. The molecular weight excluding hydrogens is 500 g/mol. The van der Waals surface area contributed by atoms with Gasteiger partial charge in [0.05, 0.1) is 12.3 Å². The molecule has 0 radical (unpaired) electrons. The lowest BCUT2D eigenvalue weighted by Crippen LogP contribution is -2.55. The molecule has 2 heterocycles. The fourth-order valence-corrected chi connectivity index (χ4v) is 5.26. The molecule has 1 aliphatic carbocycles. The first-order chi connectivity index (χ1) is 18.8. The van der Waals surface area contributed by atoms with Crippen LogP contribution in [-0.4, -0.2) is 98.8 Å². The highest BCUT2D eigenvalue weighted by molar-refractivity contribution is 5.88. The number of nitrogens with one attached hydrogen (secondary N) is 1. The molecule has 4 rings (SSSR count). The summed E-state index contributed by atoms with van der Waals surface area (Å²) in [6.07, 6.45) is 6.00. The van der Waals surface area contributed by atoms with E-state index in [9.17, 15) is 14.4 Å². The normalized spacial score (nSPS) is 20.6. The summed E-state index contributed by atoms with van der Waals surface area (Å²) in [5.41, 5.74) is 13.0. The molecule has 0 bridgehead atoms. The molecule has 1 aromatic heterocycles. The van der Waals surface area contributed by atoms with Crippen molar-refractivity contribution in [3.05, 3.63) is 52.6 Å². The van der Waals surface area contributed by atoms with E-state index in [4.69, 9.17) is 16.6 Å². The average molecular weight is 541 g/mol. The van der Waals surface area contributed by atoms with Gasteiger partial charge < -0.3 is 26.4 Å². The van der Waals surface area contributed by atoms with Crippen molar-refractivity contribution in [2.75, 3.05) is 44.6 Å². The van der Waals surface area contributed by atoms with Crippen molar-refractivity contribution < 1.29 is 14.7 Å². The molecule has 12 nitrogen and oxygen atoms in total. The zero-order chi connectivity index (χ0) is 27.9. The minimum atomic E-state index is -0.954. The molecule has 1 aliphatic heterocycles. The largest absolute Gasteiger partial charge is 0.394 e. The third kappa shape index (κ3) is 7.21. The number of benzene rings is 1. The lowest BCUT2D eigenvalue weighted by Gasteiger charge is -2.35. The predicted octanol–water partition coefficient (Wildman–Crippen LogP) is 0.320. The molecule has 2 aliphatic rings. The number of rotatable bonds is 8. The molecule has 0 spiro atoms. The number of nitrogens with zero attached hydrogens (tertiary/aromatic N) is 5. The minimum absolute atomic E-state index is 0.157. The Balaban J connectivity index is 1.32. The SMILES string of the molecule is CCN(Cc1ccc(-n2ccc(NC(=O)N3CCN(C(=O)[C@@H](N)CO)CC3)nc2=O)cc1)C1CCC(N)CC1. The van der Waals surface area contributed by atoms with Crippen LogP contribution < -0.4 is 22.5 Å². The Morgan fingerprint density at radius 2 is 1.72 bits per heavy atom. The van der Waals surface area contributed by atoms with Crippen LogP contribution in [0.1, 0.15) is 38.2 Å². The standard InChI is InChI=1S/C27H40N8O4/c1-2-32(21-9-5-20(28)6-10-21)17-19-3-7-22(8-4-19)35-12-11-24(31-27(35)39)30-26(38)34-15-13-33(14-16-34)25(37)23(29)18-36/h3-4,7-8,11-12,20-21,23,36H,2,5-6,9-10,13-18,28-29H2,1H3,(H,30,31,38,39)/t20?,21?,23-/m0/s1. The van der Waals surface area contributed by atoms with E-state index >= 15 is 0 Å². The van der Waals surface area contributed by atoms with Crippen molar-refractivity contribution in [3.63, 3.8) is 0 Å². The van der Waals surface area contributed by atoms with Gasteiger partial charge in [0, 0.05) is 51.0 Å². The Kier molecular flexibility index (Phi) is 9.68. The third-order valence-electron chi connectivity index (χ3n) is 7.70. The molecule has 12 heteroatoms. The number of urea groups is 1. The first-order valence-electron chi connectivity index (χ1n) is 13.7. The molecule has 2 aromatic rings. The minimum Gasteiger partial charge on any atom is -0.394 e. The van der Waals surface area contributed by atoms with E-state index in [2.05, 4.69) is 22.1 Å². The van der Waals surface area contributed by atoms with Crippen molar-refractivity contribution in [1.29, 1.82) is 0 Å². The Hall–Kier alpha value is -3.32. The van der Waals surface area contributed by atoms with Crippen LogP contribution in [-0.2, 0) is 11.3 Å². The van der Waals surface area contributed by atoms with Crippen LogP contribution >= 0.6 is 0 Å². The third-order valence-corrected chi connectivity index (χ3v) is 7.70. The second kappa shape index (κ2) is 13.2. The van der Waals surface area contributed by atoms with Crippen LogP contribution in [0.25, 0.3) is 5.69 Å². The predicted molar refractivity (Wildman–Crippen MR) is 148 cm³/mol. The van der Waals surface area contributed by atoms with Crippen molar-refractivity contribution in [2.24, 2.45) is 11.5 Å². The molecule has 1 saturated carbocycles. The smallest absolute Gasteiger partial charge is 0.354 e. The molecule has 6 N–H and O–H groups in total. The number of carbonyl (C=O) groups excluding carboxylic acids is 2. The number of aromatic nitrogens is 2. The van der Waals surface area contributed by atoms with Crippen molar-refractivity contribution in [2.45, 2.75) is 57.3 Å². The molecular formula is C27H40N8O4. The first kappa shape index (κ1) is 28.7. The topological polar surface area (TPSA) is 163 Å². The zero-order valence-electron chi connectivity index (χ0n) is 22.5. The second-order valence-electron chi connectivity index (χ2n) is 10.3. The van der Waals surface area contributed by atoms with Gasteiger partial charge in [0.15, 0.2) is 0 Å². The quantitative estimate of drug-likeness (QED) is 0.372. The number of carbonyl (C=O) groups is 2. The van der Waals surface area contributed by atoms with Gasteiger partial charge in [-0.15, -0.1) is 0 Å². The number of aliphatic hydroxyl groups excluding tert-OH is 1. The number of nitrogens with two attached hydrogens (primary N) is 2. The second-order valence-corrected chi connectivity index (χ2v) is 10.3. The summed E-state index contributed by atoms with van der Waals surface area (Å²) in [5.74, 6) is -0.183. The van der Waals surface area contributed by atoms with E-state index in [1.54, 1.807) is 17.2 Å². The van der Waals surface area contributed by atoms with Crippen molar-refractivity contribution in [1.82, 2.24) is 24.3 Å². The lowest BCUT2D eigenvalue weighted by molar-refractivity contribution is -0.134. The molecule has 1 saturated heterocycles. The van der Waals surface area contributed by atoms with Crippen molar-refractivity contribution in [3.8, 4) is 5.69 Å². The highest BCUT2D eigenvalue weighted by Crippen LogP contribution is 2.24. The summed E-state index contributed by atoms with van der Waals surface area (Å²) >= 11 is 0. The lowest BCUT2D eigenvalue weighted by atomic mass is 9.90. The van der Waals surface area contributed by atoms with Gasteiger partial charge in [0.2, 0.25) is 5.91 Å². The van der Waals surface area contributed by atoms with Gasteiger partial charge in [-0.05, 0) is 56.0 Å². The van der Waals surface area contributed by atoms with Crippen LogP contribution in [0.15, 0.2) is 41.3 Å². The van der Waals surface area contributed by atoms with E-state index in [1.165, 1.54) is 15.0 Å². The molecule has 1 aromatic carbocycles. The van der Waals surface area contributed by atoms with E-state index in [0.29, 0.717) is 44.0 Å². The van der Waals surface area contributed by atoms with E-state index in [0.717, 1.165) is 38.8 Å². The fourth-order valence-electron chi connectivity index (χ4n) is 5.26. The number of hydrogen-bond acceptors (Lipinski definition) is 8. The highest BCUT2D eigenvalue weighted by atomic mass is 16.3. The van der Waals surface area contributed by atoms with Gasteiger partial charge in [-0.2, -0.15) is 4.98 Å². The van der Waals surface area contributed by atoms with Crippen LogP contribution in [0.3, 0.4) is 0 Å². The van der Waals surface area contributed by atoms with Crippen molar-refractivity contribution >= 4 is 17.8 Å². The Morgan fingerprint density at radius 1 is 1.08 bits per heavy atom. The molecule has 39 heavy (non-hydrogen) atoms. The van der Waals surface area contributed by atoms with Gasteiger partial charge >= 0.3 is 11.7 Å². The molecule has 212 valence electrons. The van der Waals surface area contributed by atoms with Crippen LogP contribution in [0.4, 0.5) is 10.6 Å². The fraction of sp³-hybridized carbons (Fsp3) is 0.556. The Morgan fingerprint density at radius 3 is 2.31 bits per heavy atom. The van der Waals surface area contributed by atoms with Crippen LogP contribution in [0.5, 0.6) is 0 Å². The monoisotopic (exact) mass is 540 g/mol. The number of anilines is 1. The summed E-state index contributed by atoms with van der Waals surface area (Å²) in [5, 5.41) is 11.7. The van der Waals surface area contributed by atoms with E-state index in [-0.39, 0.29) is 11.7 Å². The number of hydrogen-bond donors (Lipinski definition) is 4. The molecule has 0 unspecified atom stereocenters. The number of aliphatic hydroxyl groups is 1. The van der Waals surface area contributed by atoms with Gasteiger partial charge in [-0.25, -0.2) is 9.59 Å². The summed E-state index contributed by atoms with van der Waals surface area (Å²) in [7, 11) is 0. The number of amides is 3. The summed E-state index contributed by atoms with van der Waals surface area (Å²) in [6, 6.07) is 9.00. The maximum Gasteiger partial charge on any atom is 0.354 e. The average Bonchev–Trinajstić information content (AvgIpc) is 2.96. The molecule has 1 atom stereocenters. The summed E-state index contributed by atoms with van der Waals surface area (Å²) in [4.78, 5) is 47.1. The Bertz CT molecular complexity index is 1170. The Labute approximate surface area is 228 Å². The van der Waals surface area contributed by atoms with Gasteiger partial charge in [0.1, 0.15) is 11.9 Å². The summed E-state index contributed by atoms with van der Waals surface area (Å²) < 4.78 is 1.44. The molecule has 3 amide bonds. The summed E-state index contributed by atoms with van der Waals surface area (Å²) in [6.45, 7) is 4.84. The highest BCUT2D eigenvalue weighted by Gasteiger charge is 2.27. The van der Waals surface area contributed by atoms with E-state index in [1.807, 2.05) is 24.3 Å². The maximum atomic E-state index is 12.7. The molecule has 2 fully saturated rings. The maximum absolute atomic E-state index is 12.7. The van der Waals surface area contributed by atoms with Gasteiger partial charge in [-0.3, -0.25) is 19.6 Å². The van der Waals surface area contributed by atoms with Crippen LogP contribution in [0, 0.1) is 0 Å². The van der Waals surface area contributed by atoms with Crippen LogP contribution in [0.2, 0.25) is 0 Å². The van der Waals surface area contributed by atoms with Gasteiger partial charge in [0.25, 0.3) is 0 Å². The van der Waals surface area contributed by atoms with E-state index < -0.39 is 24.4 Å². The first-order valence-corrected chi connectivity index (χ1v) is 13.7.